The van der Waals surface area contributed by atoms with Crippen LogP contribution >= 0.6 is 12.2 Å². The summed E-state index contributed by atoms with van der Waals surface area (Å²) in [4.78, 5) is 11.7. The van der Waals surface area contributed by atoms with Gasteiger partial charge in [-0.2, -0.15) is 0 Å². The number of hydrogen-bond donors (Lipinski definition) is 2. The Bertz CT molecular complexity index is 267. The van der Waals surface area contributed by atoms with Gasteiger partial charge >= 0.3 is 0 Å². The molecule has 14 heavy (non-hydrogen) atoms. The predicted molar refractivity (Wildman–Crippen MR) is 58.8 cm³/mol. The van der Waals surface area contributed by atoms with Crippen LogP contribution in [-0.2, 0) is 4.79 Å². The van der Waals surface area contributed by atoms with Crippen LogP contribution in [0.1, 0.15) is 32.1 Å². The molecule has 2 aliphatic carbocycles. The van der Waals surface area contributed by atoms with Crippen molar-refractivity contribution in [2.75, 3.05) is 0 Å². The lowest BCUT2D eigenvalue weighted by Gasteiger charge is -2.22. The Hall–Kier alpha value is -0.640. The van der Waals surface area contributed by atoms with E-state index in [0.717, 1.165) is 18.3 Å². The van der Waals surface area contributed by atoms with Crippen LogP contribution in [0.5, 0.6) is 0 Å². The third kappa shape index (κ3) is 2.05. The summed E-state index contributed by atoms with van der Waals surface area (Å²) < 4.78 is 0. The highest BCUT2D eigenvalue weighted by Gasteiger charge is 2.39. The van der Waals surface area contributed by atoms with Crippen molar-refractivity contribution in [3.05, 3.63) is 0 Å². The number of thiocarbonyl (C=S) groups is 1. The van der Waals surface area contributed by atoms with Gasteiger partial charge in [0, 0.05) is 6.04 Å². The number of fused-ring (bicyclic) bond motifs is 2. The first-order valence-electron chi connectivity index (χ1n) is 5.23. The molecule has 2 fully saturated rings. The molecule has 3 unspecified atom stereocenters. The topological polar surface area (TPSA) is 55.1 Å². The Morgan fingerprint density at radius 3 is 2.71 bits per heavy atom. The van der Waals surface area contributed by atoms with E-state index in [-0.39, 0.29) is 17.3 Å². The molecule has 0 aromatic rings. The van der Waals surface area contributed by atoms with E-state index < -0.39 is 0 Å². The van der Waals surface area contributed by atoms with Gasteiger partial charge in [0.2, 0.25) is 5.91 Å². The molecule has 78 valence electrons. The van der Waals surface area contributed by atoms with Crippen LogP contribution in [0.25, 0.3) is 0 Å². The summed E-state index contributed by atoms with van der Waals surface area (Å²) >= 11 is 4.70. The molecule has 0 aromatic carbocycles. The molecule has 3 N–H and O–H groups in total. The molecule has 0 saturated heterocycles. The number of nitrogens with two attached hydrogens (primary N) is 1. The average Bonchev–Trinajstić information content (AvgIpc) is 2.62. The molecule has 2 rings (SSSR count). The highest BCUT2D eigenvalue weighted by Crippen LogP contribution is 2.44. The summed E-state index contributed by atoms with van der Waals surface area (Å²) in [6.45, 7) is 0. The van der Waals surface area contributed by atoms with Crippen molar-refractivity contribution < 1.29 is 4.79 Å². The second-order valence-corrected chi connectivity index (χ2v) is 5.02. The quantitative estimate of drug-likeness (QED) is 0.685. The Kier molecular flexibility index (Phi) is 2.72. The van der Waals surface area contributed by atoms with Gasteiger partial charge in [-0.3, -0.25) is 4.79 Å². The van der Waals surface area contributed by atoms with Crippen LogP contribution in [0.3, 0.4) is 0 Å². The van der Waals surface area contributed by atoms with E-state index in [1.54, 1.807) is 0 Å². The molecule has 0 spiro atoms. The molecule has 3 nitrogen and oxygen atoms in total. The fourth-order valence-electron chi connectivity index (χ4n) is 2.84. The number of carbonyl (C=O) groups is 1. The van der Waals surface area contributed by atoms with Crippen molar-refractivity contribution in [2.24, 2.45) is 17.6 Å². The maximum atomic E-state index is 11.4. The third-order valence-electron chi connectivity index (χ3n) is 3.42. The number of hydrogen-bond acceptors (Lipinski definition) is 2. The third-order valence-corrected chi connectivity index (χ3v) is 3.56. The number of rotatable bonds is 3. The smallest absolute Gasteiger partial charge is 0.227 e. The van der Waals surface area contributed by atoms with Crippen LogP contribution in [0.2, 0.25) is 0 Å². The minimum atomic E-state index is -0.00458. The summed E-state index contributed by atoms with van der Waals surface area (Å²) in [5.74, 6) is 1.57. The van der Waals surface area contributed by atoms with Gasteiger partial charge in [0.25, 0.3) is 0 Å². The molecule has 2 bridgehead atoms. The Labute approximate surface area is 89.4 Å². The fourth-order valence-corrected chi connectivity index (χ4v) is 2.97. The van der Waals surface area contributed by atoms with Crippen LogP contribution in [0.15, 0.2) is 0 Å². The highest BCUT2D eigenvalue weighted by molar-refractivity contribution is 7.80. The lowest BCUT2D eigenvalue weighted by atomic mass is 9.95. The summed E-state index contributed by atoms with van der Waals surface area (Å²) in [5.41, 5.74) is 5.31. The van der Waals surface area contributed by atoms with E-state index in [1.807, 2.05) is 0 Å². The van der Waals surface area contributed by atoms with Gasteiger partial charge in [-0.05, 0) is 31.1 Å². The van der Waals surface area contributed by atoms with Gasteiger partial charge in [0.15, 0.2) is 0 Å². The fraction of sp³-hybridized carbons (Fsp3) is 0.800. The number of nitrogens with one attached hydrogen (secondary N) is 1. The van der Waals surface area contributed by atoms with Crippen LogP contribution in [0, 0.1) is 11.8 Å². The summed E-state index contributed by atoms with van der Waals surface area (Å²) in [6, 6.07) is 0.399. The zero-order chi connectivity index (χ0) is 10.1. The van der Waals surface area contributed by atoms with E-state index in [0.29, 0.717) is 6.04 Å². The highest BCUT2D eigenvalue weighted by atomic mass is 32.1. The van der Waals surface area contributed by atoms with Gasteiger partial charge < -0.3 is 11.1 Å². The first-order valence-corrected chi connectivity index (χ1v) is 5.63. The maximum Gasteiger partial charge on any atom is 0.227 e. The van der Waals surface area contributed by atoms with Gasteiger partial charge in [-0.1, -0.05) is 18.6 Å². The molecular weight excluding hydrogens is 196 g/mol. The molecule has 0 aromatic heterocycles. The lowest BCUT2D eigenvalue weighted by Crippen LogP contribution is -2.39. The summed E-state index contributed by atoms with van der Waals surface area (Å²) in [6.07, 6.45) is 5.30. The van der Waals surface area contributed by atoms with Crippen LogP contribution in [-0.4, -0.2) is 16.9 Å². The van der Waals surface area contributed by atoms with E-state index in [4.69, 9.17) is 18.0 Å². The van der Waals surface area contributed by atoms with Crippen molar-refractivity contribution in [2.45, 2.75) is 38.1 Å². The number of carbonyl (C=O) groups excluding carboxylic acids is 1. The van der Waals surface area contributed by atoms with Crippen molar-refractivity contribution >= 4 is 23.1 Å². The first kappa shape index (κ1) is 9.90. The van der Waals surface area contributed by atoms with Gasteiger partial charge in [-0.25, -0.2) is 0 Å². The van der Waals surface area contributed by atoms with Crippen molar-refractivity contribution in [3.8, 4) is 0 Å². The molecule has 0 radical (unpaired) electrons. The standard InChI is InChI=1S/C10H16N2OS/c11-9(14)5-10(13)12-8-4-6-1-2-7(8)3-6/h6-8H,1-5H2,(H2,11,14)(H,12,13). The number of amides is 1. The maximum absolute atomic E-state index is 11.4. The minimum Gasteiger partial charge on any atom is -0.393 e. The predicted octanol–water partition coefficient (Wildman–Crippen LogP) is 0.967. The molecule has 3 atom stereocenters. The Morgan fingerprint density at radius 2 is 2.21 bits per heavy atom. The SMILES string of the molecule is NC(=S)CC(=O)NC1CC2CCC1C2. The summed E-state index contributed by atoms with van der Waals surface area (Å²) in [5, 5.41) is 3.04. The first-order chi connectivity index (χ1) is 6.65. The lowest BCUT2D eigenvalue weighted by molar-refractivity contribution is -0.120. The molecular formula is C10H16N2OS. The zero-order valence-electron chi connectivity index (χ0n) is 8.16. The monoisotopic (exact) mass is 212 g/mol. The van der Waals surface area contributed by atoms with E-state index >= 15 is 0 Å². The Morgan fingerprint density at radius 1 is 1.43 bits per heavy atom. The van der Waals surface area contributed by atoms with Crippen molar-refractivity contribution in [1.29, 1.82) is 0 Å². The second-order valence-electron chi connectivity index (χ2n) is 4.49. The van der Waals surface area contributed by atoms with Gasteiger partial charge in [0.05, 0.1) is 11.4 Å². The van der Waals surface area contributed by atoms with E-state index in [9.17, 15) is 4.79 Å². The molecule has 2 aliphatic rings. The molecule has 4 heteroatoms. The van der Waals surface area contributed by atoms with E-state index in [2.05, 4.69) is 5.32 Å². The zero-order valence-corrected chi connectivity index (χ0v) is 8.98. The van der Waals surface area contributed by atoms with Crippen LogP contribution < -0.4 is 11.1 Å². The molecule has 0 aliphatic heterocycles. The normalized spacial score (nSPS) is 34.4. The molecule has 1 amide bonds. The van der Waals surface area contributed by atoms with Gasteiger partial charge in [0.1, 0.15) is 0 Å². The van der Waals surface area contributed by atoms with E-state index in [1.165, 1.54) is 19.3 Å². The van der Waals surface area contributed by atoms with Gasteiger partial charge in [-0.15, -0.1) is 0 Å². The average molecular weight is 212 g/mol. The molecule has 2 saturated carbocycles. The van der Waals surface area contributed by atoms with Crippen molar-refractivity contribution in [3.63, 3.8) is 0 Å². The van der Waals surface area contributed by atoms with Crippen molar-refractivity contribution in [1.82, 2.24) is 5.32 Å². The van der Waals surface area contributed by atoms with Crippen LogP contribution in [0.4, 0.5) is 0 Å². The summed E-state index contributed by atoms with van der Waals surface area (Å²) in [7, 11) is 0. The molecule has 0 heterocycles. The second kappa shape index (κ2) is 3.85. The Balaban J connectivity index is 1.81. The largest absolute Gasteiger partial charge is 0.393 e. The minimum absolute atomic E-state index is 0.00458.